The summed E-state index contributed by atoms with van der Waals surface area (Å²) in [5, 5.41) is 134. The van der Waals surface area contributed by atoms with Gasteiger partial charge in [0.05, 0.1) is 118 Å². The SMILES string of the molecule is COC(=O)C(O)CC(=O)OC1CC=C(C)C(O)C(C)C=C(C)C(O)C(C)C(O)C[C@@H]2C[C@H](C)C[C@@H](CC=CC=CCCC=CC=CC(=O)NC(C(O)C(=O)OC)C(=O)OC(C(NC(=O)C(C)C(O)CCC(C)C(O)/C(C)=C/C(C)C(O)C(NC(=O)/C=C/C(C)(C)C(=O)C(C)C(O)C(C)(C)C(=O)OC)C(O)C(C)C)C(C)O)C1C)O2. The Balaban J connectivity index is 2.73. The predicted molar refractivity (Wildman–Crippen MR) is 426 cm³/mol. The van der Waals surface area contributed by atoms with Gasteiger partial charge in [-0.1, -0.05) is 136 Å². The largest absolute Gasteiger partial charge is 0.469 e. The fraction of sp³-hybridized carbons (Fsp3) is 0.706. The van der Waals surface area contributed by atoms with Gasteiger partial charge >= 0.3 is 29.8 Å². The summed E-state index contributed by atoms with van der Waals surface area (Å²) < 4.78 is 32.7. The van der Waals surface area contributed by atoms with Gasteiger partial charge < -0.3 is 101 Å². The van der Waals surface area contributed by atoms with Crippen LogP contribution < -0.4 is 16.0 Å². The van der Waals surface area contributed by atoms with Crippen molar-refractivity contribution in [2.24, 2.45) is 64.1 Å². The number of nitrogens with one attached hydrogen (secondary N) is 3. The third-order valence-corrected chi connectivity index (χ3v) is 22.0. The van der Waals surface area contributed by atoms with E-state index in [0.717, 1.165) is 46.3 Å². The van der Waals surface area contributed by atoms with Crippen LogP contribution in [0.25, 0.3) is 0 Å². The lowest BCUT2D eigenvalue weighted by molar-refractivity contribution is -0.175. The van der Waals surface area contributed by atoms with Gasteiger partial charge in [-0.15, -0.1) is 0 Å². The minimum absolute atomic E-state index is 0.0578. The molecule has 2 rings (SSSR count). The molecule has 3 amide bonds. The van der Waals surface area contributed by atoms with Crippen molar-refractivity contribution in [1.29, 1.82) is 0 Å². The van der Waals surface area contributed by atoms with Crippen molar-refractivity contribution in [2.75, 3.05) is 21.3 Å². The van der Waals surface area contributed by atoms with Gasteiger partial charge in [-0.2, -0.15) is 0 Å². The molecule has 1 saturated heterocycles. The minimum Gasteiger partial charge on any atom is -0.469 e. The maximum absolute atomic E-state index is 14.8. The smallest absolute Gasteiger partial charge is 0.337 e. The number of aliphatic hydroxyl groups excluding tert-OH is 11. The number of rotatable bonds is 29. The van der Waals surface area contributed by atoms with Crippen molar-refractivity contribution in [3.8, 4) is 0 Å². The summed E-state index contributed by atoms with van der Waals surface area (Å²) in [5.41, 5.74) is -1.73. The number of carbonyl (C=O) groups excluding carboxylic acids is 9. The van der Waals surface area contributed by atoms with Crippen molar-refractivity contribution in [2.45, 2.75) is 299 Å². The van der Waals surface area contributed by atoms with Crippen LogP contribution in [-0.2, 0) is 71.6 Å². The van der Waals surface area contributed by atoms with Gasteiger partial charge in [0.1, 0.15) is 18.0 Å². The molecule has 0 radical (unpaired) electrons. The first-order valence-corrected chi connectivity index (χ1v) is 39.6. The first-order valence-electron chi connectivity index (χ1n) is 39.6. The number of Topliss-reactive ketones (excluding diaryl/α,β-unsaturated/α-hetero) is 1. The molecule has 14 N–H and O–H groups in total. The monoisotopic (exact) mass is 1620 g/mol. The second-order valence-electron chi connectivity index (χ2n) is 32.9. The first-order chi connectivity index (χ1) is 53.0. The molecule has 2 bridgehead atoms. The average molecular weight is 1620 g/mol. The van der Waals surface area contributed by atoms with Gasteiger partial charge in [0.2, 0.25) is 17.7 Å². The Hall–Kier alpha value is -7.13. The predicted octanol–water partition coefficient (Wildman–Crippen LogP) is 5.44. The Bertz CT molecular complexity index is 3350. The van der Waals surface area contributed by atoms with Gasteiger partial charge in [0.15, 0.2) is 18.2 Å². The summed E-state index contributed by atoms with van der Waals surface area (Å²) >= 11 is 0. The lowest BCUT2D eigenvalue weighted by atomic mass is 9.72. The molecule has 0 aromatic carbocycles. The lowest BCUT2D eigenvalue weighted by Gasteiger charge is -2.38. The number of carbonyl (C=O) groups is 9. The second-order valence-corrected chi connectivity index (χ2v) is 32.9. The number of fused-ring (bicyclic) bond motifs is 2. The molecule has 2 aliphatic rings. The van der Waals surface area contributed by atoms with Crippen LogP contribution in [0.15, 0.2) is 95.7 Å². The average Bonchev–Trinajstić information content (AvgIpc) is 0.811. The molecule has 2 aliphatic heterocycles. The molecule has 1 fully saturated rings. The zero-order chi connectivity index (χ0) is 87.1. The summed E-state index contributed by atoms with van der Waals surface area (Å²) in [6.45, 7) is 28.2. The highest BCUT2D eigenvalue weighted by molar-refractivity contribution is 5.95. The Morgan fingerprint density at radius 3 is 1.86 bits per heavy atom. The topological polar surface area (TPSA) is 468 Å². The van der Waals surface area contributed by atoms with Crippen molar-refractivity contribution < 1.29 is 128 Å². The number of amides is 3. The molecular weight excluding hydrogens is 1480 g/mol. The quantitative estimate of drug-likeness (QED) is 0.0192. The Morgan fingerprint density at radius 2 is 1.28 bits per heavy atom. The molecule has 0 spiro atoms. The maximum atomic E-state index is 14.8. The standard InChI is InChI=1S/C85H137N3O26/c1-45(2)70(96)68(86-65(94)37-38-84(15,16)77(102)56(13)78(103)85(17,18)83(108)111-21)74(100)52(9)42-50(7)71(97)47(4)33-35-60(90)54(11)79(104)88-67(57(14)89)76-55(12)63(113-66(95)44-62(92)80(105)109-19)36-34-48(5)72(98)49(6)41-51(8)73(99)53(10)61(91)43-59-40-46(3)39-58(112-59)31-29-27-25-23-22-24-26-28-30-32-64(93)87-69(81(106)114-76)75(101)82(107)110-20/h23,25-30,32,34,37-38,41-42,45-47,49,52-63,67-76,78,89-92,96-101,103H,22,24,31,33,35-36,39-40,43-44H2,1-21H3,(H,86,94)(H,87,93)(H,88,104)/b25-23?,28-26?,29-27?,32-30?,38-37+,48-34?,50-42+,51-41?/t46-,47?,49?,52?,53?,54?,55?,56?,57?,58-,59+,60?,61?,62?,63?,67?,68?,69?,70?,71?,72?,73?,74?,75?,76?,78?/m1/s1. The van der Waals surface area contributed by atoms with Gasteiger partial charge in [-0.05, 0) is 147 Å². The normalized spacial score (nSPS) is 27.3. The number of ether oxygens (including phenoxy) is 6. The zero-order valence-corrected chi connectivity index (χ0v) is 70.7. The van der Waals surface area contributed by atoms with Crippen molar-refractivity contribution in [1.82, 2.24) is 16.0 Å². The number of allylic oxidation sites excluding steroid dienone is 7. The van der Waals surface area contributed by atoms with Crippen LogP contribution in [0.2, 0.25) is 0 Å². The van der Waals surface area contributed by atoms with Crippen LogP contribution in [0.5, 0.6) is 0 Å². The number of cyclic esters (lactones) is 1. The molecule has 0 aliphatic carbocycles. The molecule has 0 saturated carbocycles. The van der Waals surface area contributed by atoms with Gasteiger partial charge in [-0.25, -0.2) is 14.4 Å². The van der Waals surface area contributed by atoms with Gasteiger partial charge in [0.25, 0.3) is 0 Å². The van der Waals surface area contributed by atoms with Gasteiger partial charge in [0, 0.05) is 47.5 Å². The number of ketones is 1. The van der Waals surface area contributed by atoms with Gasteiger partial charge in [-0.3, -0.25) is 28.8 Å². The molecule has 648 valence electrons. The molecule has 29 nitrogen and oxygen atoms in total. The van der Waals surface area contributed by atoms with E-state index in [0.29, 0.717) is 36.3 Å². The molecule has 2 heterocycles. The van der Waals surface area contributed by atoms with Crippen LogP contribution in [0, 0.1) is 64.1 Å². The van der Waals surface area contributed by atoms with Crippen LogP contribution >= 0.6 is 0 Å². The highest BCUT2D eigenvalue weighted by atomic mass is 16.6. The Morgan fingerprint density at radius 1 is 0.693 bits per heavy atom. The Kier molecular flexibility index (Phi) is 44.4. The number of hydrogen-bond donors (Lipinski definition) is 14. The molecular formula is C85H137N3O26. The van der Waals surface area contributed by atoms with Crippen molar-refractivity contribution in [3.05, 3.63) is 95.7 Å². The summed E-state index contributed by atoms with van der Waals surface area (Å²) in [7, 11) is 3.03. The second kappa shape index (κ2) is 49.2. The molecule has 23 unspecified atom stereocenters. The van der Waals surface area contributed by atoms with E-state index >= 15 is 0 Å². The van der Waals surface area contributed by atoms with Crippen LogP contribution in [0.3, 0.4) is 0 Å². The molecule has 26 atom stereocenters. The molecule has 29 heteroatoms. The van der Waals surface area contributed by atoms with E-state index in [9.17, 15) is 99.3 Å². The number of esters is 5. The summed E-state index contributed by atoms with van der Waals surface area (Å²) in [4.78, 5) is 122. The van der Waals surface area contributed by atoms with Crippen LogP contribution in [-0.4, -0.2) is 241 Å². The third-order valence-electron chi connectivity index (χ3n) is 22.0. The first kappa shape index (κ1) is 103. The van der Waals surface area contributed by atoms with E-state index in [4.69, 9.17) is 23.7 Å². The minimum atomic E-state index is -2.46. The van der Waals surface area contributed by atoms with Crippen LogP contribution in [0.1, 0.15) is 189 Å². The number of methoxy groups -OCH3 is 3. The van der Waals surface area contributed by atoms with Crippen LogP contribution in [0.4, 0.5) is 0 Å². The van der Waals surface area contributed by atoms with E-state index in [1.807, 2.05) is 24.3 Å². The van der Waals surface area contributed by atoms with Crippen molar-refractivity contribution in [3.63, 3.8) is 0 Å². The summed E-state index contributed by atoms with van der Waals surface area (Å²) in [6, 6.07) is -5.35. The highest BCUT2D eigenvalue weighted by Crippen LogP contribution is 2.36. The zero-order valence-electron chi connectivity index (χ0n) is 70.7. The Labute approximate surface area is 673 Å². The van der Waals surface area contributed by atoms with E-state index in [1.54, 1.807) is 86.6 Å². The van der Waals surface area contributed by atoms with E-state index < -0.39 is 215 Å². The van der Waals surface area contributed by atoms with Crippen molar-refractivity contribution >= 4 is 53.4 Å². The summed E-state index contributed by atoms with van der Waals surface area (Å²) in [5.74, 6) is -16.3. The molecule has 114 heavy (non-hydrogen) atoms. The molecule has 0 aromatic rings. The number of hydrogen-bond acceptors (Lipinski definition) is 26. The summed E-state index contributed by atoms with van der Waals surface area (Å²) in [6.07, 6.45) is 2.16. The third kappa shape index (κ3) is 32.4. The lowest BCUT2D eigenvalue weighted by Crippen LogP contribution is -2.59. The maximum Gasteiger partial charge on any atom is 0.337 e. The molecule has 0 aromatic heterocycles. The van der Waals surface area contributed by atoms with E-state index in [-0.39, 0.29) is 43.5 Å². The highest BCUT2D eigenvalue weighted by Gasteiger charge is 2.47. The number of aliphatic hydroxyl groups is 11. The fourth-order valence-electron chi connectivity index (χ4n) is 14.1. The van der Waals surface area contributed by atoms with E-state index in [1.165, 1.54) is 73.6 Å². The van der Waals surface area contributed by atoms with E-state index in [2.05, 4.69) is 27.6 Å². The fourth-order valence-corrected chi connectivity index (χ4v) is 14.1.